The molecule has 12 heavy (non-hydrogen) atoms. The van der Waals surface area contributed by atoms with E-state index in [0.717, 1.165) is 19.4 Å². The van der Waals surface area contributed by atoms with Crippen molar-refractivity contribution in [2.45, 2.75) is 25.2 Å². The van der Waals surface area contributed by atoms with Crippen LogP contribution >= 0.6 is 0 Å². The summed E-state index contributed by atoms with van der Waals surface area (Å²) in [6, 6.07) is 0. The first-order chi connectivity index (χ1) is 5.79. The fourth-order valence-electron chi connectivity index (χ4n) is 1.96. The first-order valence-corrected chi connectivity index (χ1v) is 4.44. The van der Waals surface area contributed by atoms with Crippen LogP contribution in [0.5, 0.6) is 0 Å². The van der Waals surface area contributed by atoms with Gasteiger partial charge in [0, 0.05) is 19.6 Å². The Morgan fingerprint density at radius 1 is 1.58 bits per heavy atom. The number of hydrogen-bond acceptors (Lipinski definition) is 4. The molecule has 3 atom stereocenters. The molecule has 2 bridgehead atoms. The van der Waals surface area contributed by atoms with Gasteiger partial charge in [0.15, 0.2) is 6.29 Å². The Morgan fingerprint density at radius 2 is 2.42 bits per heavy atom. The van der Waals surface area contributed by atoms with Crippen LogP contribution in [0, 0.1) is 5.92 Å². The zero-order chi connectivity index (χ0) is 8.55. The molecular weight excluding hydrogens is 158 g/mol. The fourth-order valence-corrected chi connectivity index (χ4v) is 1.96. The average Bonchev–Trinajstić information content (AvgIpc) is 2.28. The molecule has 4 nitrogen and oxygen atoms in total. The number of fused-ring (bicyclic) bond motifs is 2. The normalized spacial score (nSPS) is 42.0. The number of likely N-dealkylation sites (N-methyl/N-ethyl adjacent to an activating group) is 1. The van der Waals surface area contributed by atoms with Crippen LogP contribution < -0.4 is 0 Å². The summed E-state index contributed by atoms with van der Waals surface area (Å²) >= 11 is 0. The number of ether oxygens (including phenoxy) is 1. The van der Waals surface area contributed by atoms with Gasteiger partial charge in [-0.25, -0.2) is 0 Å². The largest absolute Gasteiger partial charge is 0.396 e. The van der Waals surface area contributed by atoms with E-state index in [0.29, 0.717) is 12.0 Å². The van der Waals surface area contributed by atoms with E-state index in [2.05, 4.69) is 0 Å². The Hall–Kier alpha value is -0.160. The van der Waals surface area contributed by atoms with Gasteiger partial charge in [-0.3, -0.25) is 4.84 Å². The molecule has 0 aromatic rings. The van der Waals surface area contributed by atoms with Crippen molar-refractivity contribution in [1.29, 1.82) is 0 Å². The molecular formula is C8H15NO3. The van der Waals surface area contributed by atoms with Gasteiger partial charge in [0.05, 0.1) is 12.6 Å². The lowest BCUT2D eigenvalue weighted by atomic mass is 10.0. The Balaban J connectivity index is 1.95. The second-order valence-corrected chi connectivity index (χ2v) is 3.55. The predicted octanol–water partition coefficient (Wildman–Crippen LogP) is -0.0230. The SMILES string of the molecule is CN1C[C@@H]2C[C@H](CCO)[C@@H](O2)O1. The molecule has 0 unspecified atom stereocenters. The molecule has 0 saturated carbocycles. The van der Waals surface area contributed by atoms with Crippen molar-refractivity contribution in [2.24, 2.45) is 5.92 Å². The van der Waals surface area contributed by atoms with E-state index >= 15 is 0 Å². The number of nitrogens with zero attached hydrogens (tertiary/aromatic N) is 1. The van der Waals surface area contributed by atoms with E-state index in [1.54, 1.807) is 0 Å². The summed E-state index contributed by atoms with van der Waals surface area (Å²) in [7, 11) is 1.92. The maximum atomic E-state index is 8.79. The third-order valence-corrected chi connectivity index (χ3v) is 2.52. The second kappa shape index (κ2) is 3.30. The Kier molecular flexibility index (Phi) is 2.32. The minimum atomic E-state index is -0.110. The summed E-state index contributed by atoms with van der Waals surface area (Å²) in [6.07, 6.45) is 2.01. The average molecular weight is 173 g/mol. The summed E-state index contributed by atoms with van der Waals surface area (Å²) in [5, 5.41) is 10.6. The lowest BCUT2D eigenvalue weighted by Crippen LogP contribution is -2.39. The molecule has 0 amide bonds. The van der Waals surface area contributed by atoms with E-state index < -0.39 is 0 Å². The standard InChI is InChI=1S/C8H15NO3/c1-9-5-7-4-6(2-3-10)8(11-7)12-9/h6-8,10H,2-5H2,1H3/t6-,7-,8-/m0/s1. The van der Waals surface area contributed by atoms with Crippen LogP contribution in [0.25, 0.3) is 0 Å². The highest BCUT2D eigenvalue weighted by Crippen LogP contribution is 2.33. The molecule has 0 aromatic heterocycles. The van der Waals surface area contributed by atoms with Crippen molar-refractivity contribution < 1.29 is 14.7 Å². The van der Waals surface area contributed by atoms with Crippen molar-refractivity contribution in [3.05, 3.63) is 0 Å². The molecule has 1 N–H and O–H groups in total. The molecule has 70 valence electrons. The summed E-state index contributed by atoms with van der Waals surface area (Å²) in [6.45, 7) is 1.07. The van der Waals surface area contributed by atoms with Crippen molar-refractivity contribution in [2.75, 3.05) is 20.2 Å². The first kappa shape index (κ1) is 8.44. The number of aliphatic hydroxyl groups is 1. The monoisotopic (exact) mass is 173 g/mol. The molecule has 2 heterocycles. The number of hydroxylamine groups is 2. The van der Waals surface area contributed by atoms with Crippen LogP contribution in [-0.4, -0.2) is 42.8 Å². The number of rotatable bonds is 2. The van der Waals surface area contributed by atoms with Crippen LogP contribution in [0.1, 0.15) is 12.8 Å². The third kappa shape index (κ3) is 1.47. The summed E-state index contributed by atoms with van der Waals surface area (Å²) < 4.78 is 5.56. The van der Waals surface area contributed by atoms with Crippen LogP contribution in [0.3, 0.4) is 0 Å². The van der Waals surface area contributed by atoms with Crippen molar-refractivity contribution in [1.82, 2.24) is 5.06 Å². The molecule has 2 saturated heterocycles. The Bertz CT molecular complexity index is 164. The summed E-state index contributed by atoms with van der Waals surface area (Å²) in [5.41, 5.74) is 0. The topological polar surface area (TPSA) is 41.9 Å². The molecule has 0 spiro atoms. The van der Waals surface area contributed by atoms with Crippen LogP contribution in [0.15, 0.2) is 0 Å². The molecule has 0 aliphatic carbocycles. The highest BCUT2D eigenvalue weighted by molar-refractivity contribution is 4.81. The van der Waals surface area contributed by atoms with Crippen molar-refractivity contribution in [3.8, 4) is 0 Å². The third-order valence-electron chi connectivity index (χ3n) is 2.52. The number of hydrogen-bond donors (Lipinski definition) is 1. The maximum absolute atomic E-state index is 8.79. The summed E-state index contributed by atoms with van der Waals surface area (Å²) in [4.78, 5) is 5.44. The van der Waals surface area contributed by atoms with Crippen LogP contribution in [0.2, 0.25) is 0 Å². The van der Waals surface area contributed by atoms with E-state index in [1.165, 1.54) is 0 Å². The second-order valence-electron chi connectivity index (χ2n) is 3.55. The molecule has 0 aromatic carbocycles. The minimum Gasteiger partial charge on any atom is -0.396 e. The number of aliphatic hydroxyl groups excluding tert-OH is 1. The lowest BCUT2D eigenvalue weighted by molar-refractivity contribution is -0.316. The van der Waals surface area contributed by atoms with Gasteiger partial charge in [-0.15, -0.1) is 0 Å². The zero-order valence-corrected chi connectivity index (χ0v) is 7.27. The first-order valence-electron chi connectivity index (χ1n) is 4.44. The quantitative estimate of drug-likeness (QED) is 0.637. The molecule has 2 fully saturated rings. The van der Waals surface area contributed by atoms with E-state index in [9.17, 15) is 0 Å². The highest BCUT2D eigenvalue weighted by atomic mass is 16.8. The maximum Gasteiger partial charge on any atom is 0.180 e. The van der Waals surface area contributed by atoms with Gasteiger partial charge < -0.3 is 9.84 Å². The minimum absolute atomic E-state index is 0.110. The highest BCUT2D eigenvalue weighted by Gasteiger charge is 2.40. The van der Waals surface area contributed by atoms with Gasteiger partial charge in [-0.1, -0.05) is 0 Å². The smallest absolute Gasteiger partial charge is 0.180 e. The molecule has 2 aliphatic rings. The Labute approximate surface area is 72.0 Å². The van der Waals surface area contributed by atoms with Gasteiger partial charge in [0.25, 0.3) is 0 Å². The molecule has 2 rings (SSSR count). The van der Waals surface area contributed by atoms with Crippen molar-refractivity contribution in [3.63, 3.8) is 0 Å². The van der Waals surface area contributed by atoms with Crippen molar-refractivity contribution >= 4 is 0 Å². The van der Waals surface area contributed by atoms with Crippen LogP contribution in [-0.2, 0) is 9.57 Å². The zero-order valence-electron chi connectivity index (χ0n) is 7.27. The van der Waals surface area contributed by atoms with E-state index in [-0.39, 0.29) is 12.9 Å². The van der Waals surface area contributed by atoms with E-state index in [4.69, 9.17) is 14.7 Å². The Morgan fingerprint density at radius 3 is 3.17 bits per heavy atom. The summed E-state index contributed by atoms with van der Waals surface area (Å²) in [5.74, 6) is 0.380. The molecule has 4 heteroatoms. The fraction of sp³-hybridized carbons (Fsp3) is 1.00. The molecule has 0 radical (unpaired) electrons. The lowest BCUT2D eigenvalue weighted by Gasteiger charge is -2.29. The van der Waals surface area contributed by atoms with Crippen LogP contribution in [0.4, 0.5) is 0 Å². The van der Waals surface area contributed by atoms with Gasteiger partial charge in [0.1, 0.15) is 0 Å². The molecule has 2 aliphatic heterocycles. The van der Waals surface area contributed by atoms with E-state index in [1.807, 2.05) is 12.1 Å². The van der Waals surface area contributed by atoms with Gasteiger partial charge >= 0.3 is 0 Å². The van der Waals surface area contributed by atoms with Gasteiger partial charge in [-0.05, 0) is 12.8 Å². The van der Waals surface area contributed by atoms with Gasteiger partial charge in [0.2, 0.25) is 0 Å². The predicted molar refractivity (Wildman–Crippen MR) is 42.2 cm³/mol. The van der Waals surface area contributed by atoms with Gasteiger partial charge in [-0.2, -0.15) is 5.06 Å².